The van der Waals surface area contributed by atoms with Gasteiger partial charge < -0.3 is 15.8 Å². The van der Waals surface area contributed by atoms with Crippen molar-refractivity contribution in [3.63, 3.8) is 0 Å². The first-order valence-corrected chi connectivity index (χ1v) is 8.78. The number of carbonyl (C=O) groups is 1. The molecule has 1 aliphatic rings. The Hall–Kier alpha value is -2.18. The molecule has 0 aliphatic carbocycles. The Morgan fingerprint density at radius 1 is 1.44 bits per heavy atom. The summed E-state index contributed by atoms with van der Waals surface area (Å²) in [6.45, 7) is 2.40. The Kier molecular flexibility index (Phi) is 5.83. The molecule has 2 atom stereocenters. The fraction of sp³-hybridized carbons (Fsp3) is 0.474. The van der Waals surface area contributed by atoms with Gasteiger partial charge in [-0.05, 0) is 37.3 Å². The first kappa shape index (κ1) is 17.6. The van der Waals surface area contributed by atoms with Crippen molar-refractivity contribution in [2.24, 2.45) is 11.7 Å². The first-order chi connectivity index (χ1) is 12.2. The van der Waals surface area contributed by atoms with Crippen LogP contribution in [0.15, 0.2) is 36.5 Å². The molecule has 0 saturated heterocycles. The molecule has 1 aromatic carbocycles. The quantitative estimate of drug-likeness (QED) is 0.759. The van der Waals surface area contributed by atoms with Gasteiger partial charge in [-0.25, -0.2) is 0 Å². The maximum atomic E-state index is 11.5. The molecule has 2 aromatic rings. The molecule has 1 aromatic heterocycles. The van der Waals surface area contributed by atoms with Crippen LogP contribution < -0.4 is 11.1 Å². The number of methoxy groups -OCH3 is 1. The van der Waals surface area contributed by atoms with Crippen LogP contribution in [0.25, 0.3) is 0 Å². The van der Waals surface area contributed by atoms with E-state index in [1.165, 1.54) is 5.56 Å². The highest BCUT2D eigenvalue weighted by Crippen LogP contribution is 2.22. The molecule has 0 unspecified atom stereocenters. The lowest BCUT2D eigenvalue weighted by molar-refractivity contribution is 0.0998. The fourth-order valence-corrected chi connectivity index (χ4v) is 3.50. The second-order valence-corrected chi connectivity index (χ2v) is 6.70. The van der Waals surface area contributed by atoms with Crippen LogP contribution in [0.4, 0.5) is 0 Å². The highest BCUT2D eigenvalue weighted by atomic mass is 16.5. The van der Waals surface area contributed by atoms with Crippen LogP contribution in [0.2, 0.25) is 0 Å². The number of aryl methyl sites for hydroxylation is 1. The predicted molar refractivity (Wildman–Crippen MR) is 96.4 cm³/mol. The molecule has 1 aliphatic heterocycles. The van der Waals surface area contributed by atoms with Crippen molar-refractivity contribution in [1.82, 2.24) is 15.1 Å². The fourth-order valence-electron chi connectivity index (χ4n) is 3.50. The molecule has 0 spiro atoms. The normalized spacial score (nSPS) is 17.9. The van der Waals surface area contributed by atoms with Gasteiger partial charge in [-0.1, -0.05) is 30.3 Å². The van der Waals surface area contributed by atoms with E-state index in [1.54, 1.807) is 13.3 Å². The van der Waals surface area contributed by atoms with Crippen molar-refractivity contribution in [3.05, 3.63) is 53.3 Å². The van der Waals surface area contributed by atoms with E-state index in [4.69, 9.17) is 10.5 Å². The summed E-state index contributed by atoms with van der Waals surface area (Å²) in [6, 6.07) is 10.7. The zero-order chi connectivity index (χ0) is 17.6. The Labute approximate surface area is 148 Å². The van der Waals surface area contributed by atoms with Gasteiger partial charge in [0.2, 0.25) is 0 Å². The number of hydrogen-bond acceptors (Lipinski definition) is 4. The number of nitrogens with one attached hydrogen (secondary N) is 1. The second kappa shape index (κ2) is 8.27. The van der Waals surface area contributed by atoms with Crippen molar-refractivity contribution in [2.75, 3.05) is 20.3 Å². The van der Waals surface area contributed by atoms with Crippen molar-refractivity contribution in [3.8, 4) is 0 Å². The molecular weight excluding hydrogens is 316 g/mol. The summed E-state index contributed by atoms with van der Waals surface area (Å²) < 4.78 is 7.28. The van der Waals surface area contributed by atoms with E-state index in [9.17, 15) is 4.79 Å². The van der Waals surface area contributed by atoms with E-state index in [1.807, 2.05) is 10.7 Å². The van der Waals surface area contributed by atoms with Crippen molar-refractivity contribution < 1.29 is 9.53 Å². The minimum absolute atomic E-state index is 0.273. The molecular formula is C19H26N4O2. The molecule has 25 heavy (non-hydrogen) atoms. The highest BCUT2D eigenvalue weighted by molar-refractivity contribution is 5.93. The summed E-state index contributed by atoms with van der Waals surface area (Å²) in [5, 5.41) is 7.91. The van der Waals surface area contributed by atoms with Crippen LogP contribution in [0.3, 0.4) is 0 Å². The van der Waals surface area contributed by atoms with Gasteiger partial charge in [0, 0.05) is 19.7 Å². The monoisotopic (exact) mass is 342 g/mol. The summed E-state index contributed by atoms with van der Waals surface area (Å²) in [6.07, 6.45) is 4.41. The summed E-state index contributed by atoms with van der Waals surface area (Å²) in [7, 11) is 1.73. The number of nitrogens with zero attached hydrogens (tertiary/aromatic N) is 2. The third kappa shape index (κ3) is 4.46. The molecule has 3 N–H and O–H groups in total. The van der Waals surface area contributed by atoms with Crippen LogP contribution in [-0.4, -0.2) is 42.0 Å². The zero-order valence-electron chi connectivity index (χ0n) is 14.6. The third-order valence-corrected chi connectivity index (χ3v) is 4.83. The van der Waals surface area contributed by atoms with Gasteiger partial charge in [0.25, 0.3) is 5.91 Å². The average molecular weight is 342 g/mol. The average Bonchev–Trinajstić information content (AvgIpc) is 3.04. The lowest BCUT2D eigenvalue weighted by atomic mass is 9.93. The minimum atomic E-state index is -0.392. The number of nitrogens with two attached hydrogens (primary N) is 1. The Bertz CT molecular complexity index is 699. The van der Waals surface area contributed by atoms with Gasteiger partial charge in [0.05, 0.1) is 24.1 Å². The number of hydrogen-bond donors (Lipinski definition) is 2. The maximum absolute atomic E-state index is 11.5. The molecule has 2 heterocycles. The Balaban J connectivity index is 1.58. The number of carbonyl (C=O) groups excluding carboxylic acids is 1. The number of ether oxygens (including phenoxy) is 1. The van der Waals surface area contributed by atoms with Crippen LogP contribution in [0.1, 0.15) is 28.0 Å². The van der Waals surface area contributed by atoms with Gasteiger partial charge in [-0.3, -0.25) is 9.48 Å². The van der Waals surface area contributed by atoms with E-state index in [0.29, 0.717) is 18.1 Å². The van der Waals surface area contributed by atoms with E-state index in [2.05, 4.69) is 34.7 Å². The number of amides is 1. The molecule has 0 radical (unpaired) electrons. The number of fused-ring (bicyclic) bond motifs is 1. The van der Waals surface area contributed by atoms with Gasteiger partial charge in [0.1, 0.15) is 0 Å². The van der Waals surface area contributed by atoms with E-state index >= 15 is 0 Å². The van der Waals surface area contributed by atoms with Gasteiger partial charge in [-0.15, -0.1) is 0 Å². The zero-order valence-corrected chi connectivity index (χ0v) is 14.6. The molecule has 3 rings (SSSR count). The van der Waals surface area contributed by atoms with Crippen LogP contribution in [0, 0.1) is 5.92 Å². The Morgan fingerprint density at radius 3 is 2.96 bits per heavy atom. The lowest BCUT2D eigenvalue weighted by Crippen LogP contribution is -2.40. The van der Waals surface area contributed by atoms with Gasteiger partial charge in [0.15, 0.2) is 0 Å². The van der Waals surface area contributed by atoms with Gasteiger partial charge >= 0.3 is 0 Å². The lowest BCUT2D eigenvalue weighted by Gasteiger charge is -2.27. The molecule has 6 nitrogen and oxygen atoms in total. The summed E-state index contributed by atoms with van der Waals surface area (Å²) in [5.41, 5.74) is 8.28. The molecule has 6 heteroatoms. The van der Waals surface area contributed by atoms with Crippen molar-refractivity contribution in [2.45, 2.75) is 31.8 Å². The van der Waals surface area contributed by atoms with E-state index < -0.39 is 5.91 Å². The summed E-state index contributed by atoms with van der Waals surface area (Å²) in [5.74, 6) is 0.0774. The number of aromatic nitrogens is 2. The predicted octanol–water partition coefficient (Wildman–Crippen LogP) is 1.39. The Morgan fingerprint density at radius 2 is 2.24 bits per heavy atom. The van der Waals surface area contributed by atoms with Crippen LogP contribution in [-0.2, 0) is 24.1 Å². The van der Waals surface area contributed by atoms with Crippen LogP contribution in [0.5, 0.6) is 0 Å². The summed E-state index contributed by atoms with van der Waals surface area (Å²) >= 11 is 0. The highest BCUT2D eigenvalue weighted by Gasteiger charge is 2.24. The maximum Gasteiger partial charge on any atom is 0.252 e. The van der Waals surface area contributed by atoms with Crippen molar-refractivity contribution >= 4 is 5.91 Å². The van der Waals surface area contributed by atoms with E-state index in [0.717, 1.165) is 38.0 Å². The third-order valence-electron chi connectivity index (χ3n) is 4.83. The molecule has 0 fully saturated rings. The summed E-state index contributed by atoms with van der Waals surface area (Å²) in [4.78, 5) is 11.5. The van der Waals surface area contributed by atoms with Gasteiger partial charge in [-0.2, -0.15) is 5.10 Å². The molecule has 1 amide bonds. The second-order valence-electron chi connectivity index (χ2n) is 6.70. The number of primary amides is 1. The SMILES string of the molecule is COC[C@H](Cc1ccccc1)NC[C@H]1CCn2ncc(C(N)=O)c2C1. The van der Waals surface area contributed by atoms with Crippen LogP contribution >= 0.6 is 0 Å². The minimum Gasteiger partial charge on any atom is -0.383 e. The molecule has 0 saturated carbocycles. The first-order valence-electron chi connectivity index (χ1n) is 8.78. The standard InChI is InChI=1S/C19H26N4O2/c1-25-13-16(9-14-5-3-2-4-6-14)21-11-15-7-8-23-18(10-15)17(12-22-23)19(20)24/h2-6,12,15-16,21H,7-11,13H2,1H3,(H2,20,24)/t15-,16-/m0/s1. The van der Waals surface area contributed by atoms with E-state index in [-0.39, 0.29) is 6.04 Å². The number of rotatable bonds is 8. The van der Waals surface area contributed by atoms with Crippen molar-refractivity contribution in [1.29, 1.82) is 0 Å². The smallest absolute Gasteiger partial charge is 0.252 e. The number of benzene rings is 1. The largest absolute Gasteiger partial charge is 0.383 e. The molecule has 0 bridgehead atoms. The molecule has 134 valence electrons. The topological polar surface area (TPSA) is 82.2 Å².